The van der Waals surface area contributed by atoms with Gasteiger partial charge in [0.25, 0.3) is 0 Å². The topological polar surface area (TPSA) is 28.4 Å². The fourth-order valence-electron chi connectivity index (χ4n) is 9.59. The summed E-state index contributed by atoms with van der Waals surface area (Å²) in [5.41, 5.74) is 17.2. The lowest BCUT2D eigenvalue weighted by molar-refractivity contribution is 0.332. The third-order valence-corrected chi connectivity index (χ3v) is 12.7. The molecule has 52 heavy (non-hydrogen) atoms. The van der Waals surface area contributed by atoms with Crippen LogP contribution in [0.25, 0.3) is 32.9 Å². The van der Waals surface area contributed by atoms with E-state index in [1.54, 1.807) is 0 Å². The molecule has 4 heteroatoms. The fraction of sp³-hybridized carbons (Fsp3) is 0.250. The zero-order chi connectivity index (χ0) is 35.7. The van der Waals surface area contributed by atoms with Gasteiger partial charge in [0.1, 0.15) is 5.58 Å². The van der Waals surface area contributed by atoms with E-state index in [-0.39, 0.29) is 16.2 Å². The average Bonchev–Trinajstić information content (AvgIpc) is 3.51. The van der Waals surface area contributed by atoms with Gasteiger partial charge in [0.05, 0.1) is 17.1 Å². The lowest BCUT2D eigenvalue weighted by Gasteiger charge is -2.43. The largest absolute Gasteiger partial charge is 0.440 e. The normalized spacial score (nSPS) is 17.3. The second kappa shape index (κ2) is 10.7. The van der Waals surface area contributed by atoms with Gasteiger partial charge in [-0.05, 0) is 105 Å². The summed E-state index contributed by atoms with van der Waals surface area (Å²) in [4.78, 5) is 2.46. The number of nitrogens with one attached hydrogen (secondary N) is 1. The minimum absolute atomic E-state index is 0.0660. The number of hydrogen-bond acceptors (Lipinski definition) is 3. The Balaban J connectivity index is 1.30. The van der Waals surface area contributed by atoms with Crippen molar-refractivity contribution in [3.63, 3.8) is 0 Å². The van der Waals surface area contributed by atoms with Gasteiger partial charge >= 0.3 is 0 Å². The predicted molar refractivity (Wildman–Crippen MR) is 221 cm³/mol. The first kappa shape index (κ1) is 31.5. The molecule has 0 spiro atoms. The summed E-state index contributed by atoms with van der Waals surface area (Å²) >= 11 is 0. The molecule has 1 aliphatic carbocycles. The molecule has 2 aliphatic heterocycles. The van der Waals surface area contributed by atoms with Crippen molar-refractivity contribution in [1.82, 2.24) is 0 Å². The number of anilines is 5. The van der Waals surface area contributed by atoms with Crippen molar-refractivity contribution < 1.29 is 4.42 Å². The van der Waals surface area contributed by atoms with Gasteiger partial charge in [-0.25, -0.2) is 0 Å². The summed E-state index contributed by atoms with van der Waals surface area (Å²) < 4.78 is 6.94. The highest BCUT2D eigenvalue weighted by Gasteiger charge is 2.41. The van der Waals surface area contributed by atoms with E-state index in [0.717, 1.165) is 28.7 Å². The molecular weight excluding hydrogens is 631 g/mol. The molecule has 0 bridgehead atoms. The van der Waals surface area contributed by atoms with Crippen molar-refractivity contribution in [2.75, 3.05) is 10.2 Å². The maximum absolute atomic E-state index is 6.94. The van der Waals surface area contributed by atoms with Gasteiger partial charge in [-0.1, -0.05) is 126 Å². The van der Waals surface area contributed by atoms with E-state index in [0.29, 0.717) is 0 Å². The molecule has 1 aromatic heterocycles. The van der Waals surface area contributed by atoms with E-state index < -0.39 is 0 Å². The van der Waals surface area contributed by atoms with Crippen LogP contribution in [0.15, 0.2) is 114 Å². The molecule has 0 saturated carbocycles. The highest BCUT2D eigenvalue weighted by Crippen LogP contribution is 2.53. The smallest absolute Gasteiger partial charge is 0.203 e. The Labute approximate surface area is 307 Å². The van der Waals surface area contributed by atoms with E-state index in [2.05, 4.69) is 175 Å². The van der Waals surface area contributed by atoms with Crippen LogP contribution in [0.3, 0.4) is 0 Å². The van der Waals surface area contributed by atoms with Gasteiger partial charge in [0, 0.05) is 27.4 Å². The van der Waals surface area contributed by atoms with Crippen molar-refractivity contribution in [2.24, 2.45) is 0 Å². The first-order chi connectivity index (χ1) is 24.9. The van der Waals surface area contributed by atoms with Crippen LogP contribution in [-0.2, 0) is 16.2 Å². The van der Waals surface area contributed by atoms with Crippen molar-refractivity contribution in [2.45, 2.75) is 77.6 Å². The molecule has 1 radical (unpaired) electrons. The molecule has 6 aromatic carbocycles. The van der Waals surface area contributed by atoms with Crippen molar-refractivity contribution in [3.05, 3.63) is 137 Å². The number of aryl methyl sites for hydroxylation is 1. The van der Waals surface area contributed by atoms with Crippen molar-refractivity contribution in [3.8, 4) is 11.1 Å². The van der Waals surface area contributed by atoms with Crippen LogP contribution in [0.5, 0.6) is 0 Å². The van der Waals surface area contributed by atoms with Crippen LogP contribution in [0, 0.1) is 6.92 Å². The van der Waals surface area contributed by atoms with Crippen LogP contribution >= 0.6 is 0 Å². The molecule has 1 N–H and O–H groups in total. The van der Waals surface area contributed by atoms with Crippen molar-refractivity contribution in [1.29, 1.82) is 0 Å². The summed E-state index contributed by atoms with van der Waals surface area (Å²) in [6.07, 6.45) is 2.35. The van der Waals surface area contributed by atoms with Crippen LogP contribution in [0.1, 0.15) is 82.2 Å². The standard InChI is InChI=1S/C48H44BN2O/c1-28-25-36-37(47(4,5)24-23-46(36,2)3)27-39(28)51-44-30-16-9-8-15-29(30)26-33(41(44)49-42-32-17-10-13-22-40(32)52-45(42)51)31-18-14-20-35-43(31)50-38-21-12-11-19-34(38)48(35,6)7/h8-22,25-27,50H,23-24H2,1-7H3. The van der Waals surface area contributed by atoms with E-state index >= 15 is 0 Å². The van der Waals surface area contributed by atoms with Gasteiger partial charge in [-0.3, -0.25) is 4.90 Å². The van der Waals surface area contributed by atoms with Gasteiger partial charge < -0.3 is 9.73 Å². The molecule has 3 aliphatic rings. The molecule has 0 amide bonds. The van der Waals surface area contributed by atoms with Gasteiger partial charge in [-0.2, -0.15) is 0 Å². The second-order valence-corrected chi connectivity index (χ2v) is 17.2. The van der Waals surface area contributed by atoms with E-state index in [1.165, 1.54) is 84.3 Å². The van der Waals surface area contributed by atoms with Crippen LogP contribution in [0.2, 0.25) is 0 Å². The number of furan rings is 1. The molecule has 0 unspecified atom stereocenters. The van der Waals surface area contributed by atoms with Gasteiger partial charge in [0.15, 0.2) is 5.88 Å². The Hall–Kier alpha value is -5.22. The lowest BCUT2D eigenvalue weighted by atomic mass is 9.57. The number of hydrogen-bond donors (Lipinski definition) is 1. The fourth-order valence-corrected chi connectivity index (χ4v) is 9.59. The monoisotopic (exact) mass is 675 g/mol. The van der Waals surface area contributed by atoms with Gasteiger partial charge in [-0.15, -0.1) is 0 Å². The number of benzene rings is 6. The Morgan fingerprint density at radius 3 is 2.12 bits per heavy atom. The summed E-state index contributed by atoms with van der Waals surface area (Å²) in [5, 5.41) is 7.47. The number of para-hydroxylation sites is 3. The first-order valence-corrected chi connectivity index (χ1v) is 18.8. The minimum Gasteiger partial charge on any atom is -0.440 e. The Bertz CT molecular complexity index is 2640. The van der Waals surface area contributed by atoms with Crippen molar-refractivity contribution >= 4 is 68.6 Å². The molecule has 3 nitrogen and oxygen atoms in total. The number of fused-ring (bicyclic) bond motifs is 9. The summed E-state index contributed by atoms with van der Waals surface area (Å²) in [6, 6.07) is 40.4. The first-order valence-electron chi connectivity index (χ1n) is 18.8. The summed E-state index contributed by atoms with van der Waals surface area (Å²) in [7, 11) is 2.40. The SMILES string of the molecule is Cc1cc2c(cc1N1c3oc4ccccc4c3[B]c3c(-c4cccc5c4Nc4ccccc4C5(C)C)cc4ccccc4c31)C(C)(C)CCC2(C)C. The van der Waals surface area contributed by atoms with E-state index in [9.17, 15) is 0 Å². The Morgan fingerprint density at radius 1 is 0.635 bits per heavy atom. The van der Waals surface area contributed by atoms with E-state index in [1.807, 2.05) is 0 Å². The molecule has 0 saturated heterocycles. The quantitative estimate of drug-likeness (QED) is 0.185. The third-order valence-electron chi connectivity index (χ3n) is 12.7. The summed E-state index contributed by atoms with van der Waals surface area (Å²) in [6.45, 7) is 16.7. The number of nitrogens with zero attached hydrogens (tertiary/aromatic N) is 1. The zero-order valence-corrected chi connectivity index (χ0v) is 31.2. The maximum Gasteiger partial charge on any atom is 0.203 e. The van der Waals surface area contributed by atoms with E-state index in [4.69, 9.17) is 4.42 Å². The molecule has 3 heterocycles. The van der Waals surface area contributed by atoms with Gasteiger partial charge in [0.2, 0.25) is 7.28 Å². The maximum atomic E-state index is 6.94. The average molecular weight is 676 g/mol. The molecule has 0 atom stereocenters. The molecular formula is C48H44BN2O. The predicted octanol–water partition coefficient (Wildman–Crippen LogP) is 11.7. The minimum atomic E-state index is -0.158. The Kier molecular flexibility index (Phi) is 6.46. The molecule has 10 rings (SSSR count). The lowest BCUT2D eigenvalue weighted by Crippen LogP contribution is -2.41. The second-order valence-electron chi connectivity index (χ2n) is 17.2. The molecule has 0 fully saturated rings. The highest BCUT2D eigenvalue weighted by molar-refractivity contribution is 6.76. The number of rotatable bonds is 2. The Morgan fingerprint density at radius 2 is 1.31 bits per heavy atom. The van der Waals surface area contributed by atoms with Crippen LogP contribution in [0.4, 0.5) is 28.6 Å². The highest BCUT2D eigenvalue weighted by atomic mass is 16.4. The molecule has 7 aromatic rings. The van der Waals surface area contributed by atoms with Crippen LogP contribution < -0.4 is 21.1 Å². The van der Waals surface area contributed by atoms with Crippen LogP contribution in [-0.4, -0.2) is 7.28 Å². The summed E-state index contributed by atoms with van der Waals surface area (Å²) in [5.74, 6) is 0.884. The third kappa shape index (κ3) is 4.33. The molecule has 255 valence electrons. The zero-order valence-electron chi connectivity index (χ0n) is 31.2.